The van der Waals surface area contributed by atoms with Crippen LogP contribution in [0.4, 0.5) is 0 Å². The first-order valence-electron chi connectivity index (χ1n) is 7.94. The highest BCUT2D eigenvalue weighted by molar-refractivity contribution is 7.89. The number of sulfonamides is 1. The van der Waals surface area contributed by atoms with Crippen molar-refractivity contribution in [3.63, 3.8) is 0 Å². The number of hydrogen-bond acceptors (Lipinski definition) is 5. The Kier molecular flexibility index (Phi) is 4.59. The normalized spacial score (nSPS) is 27.2. The first-order valence-corrected chi connectivity index (χ1v) is 9.66. The van der Waals surface area contributed by atoms with Crippen molar-refractivity contribution < 1.29 is 12.8 Å². The minimum absolute atomic E-state index is 0.0358. The lowest BCUT2D eigenvalue weighted by molar-refractivity contribution is 0.125. The van der Waals surface area contributed by atoms with Crippen LogP contribution in [-0.2, 0) is 16.6 Å². The summed E-state index contributed by atoms with van der Waals surface area (Å²) < 4.78 is 27.9. The van der Waals surface area contributed by atoms with Gasteiger partial charge < -0.3 is 4.42 Å². The van der Waals surface area contributed by atoms with Gasteiger partial charge in [0.1, 0.15) is 11.5 Å². The molecule has 2 fully saturated rings. The van der Waals surface area contributed by atoms with E-state index < -0.39 is 10.0 Å². The molecular formula is C15H25N3O3S. The van der Waals surface area contributed by atoms with Crippen LogP contribution in [0.15, 0.2) is 16.5 Å². The average molecular weight is 327 g/mol. The van der Waals surface area contributed by atoms with Gasteiger partial charge in [0.05, 0.1) is 12.3 Å². The first-order chi connectivity index (χ1) is 10.4. The van der Waals surface area contributed by atoms with E-state index in [1.165, 1.54) is 6.42 Å². The van der Waals surface area contributed by atoms with Gasteiger partial charge in [-0.3, -0.25) is 9.80 Å². The molecule has 1 aliphatic heterocycles. The van der Waals surface area contributed by atoms with E-state index in [-0.39, 0.29) is 5.75 Å². The molecule has 2 aliphatic rings. The predicted molar refractivity (Wildman–Crippen MR) is 84.9 cm³/mol. The van der Waals surface area contributed by atoms with Crippen LogP contribution < -0.4 is 5.14 Å². The lowest BCUT2D eigenvalue weighted by atomic mass is 10.2. The molecule has 22 heavy (non-hydrogen) atoms. The Morgan fingerprint density at radius 1 is 1.23 bits per heavy atom. The summed E-state index contributed by atoms with van der Waals surface area (Å²) in [4.78, 5) is 4.51. The molecular weight excluding hydrogens is 302 g/mol. The van der Waals surface area contributed by atoms with E-state index >= 15 is 0 Å². The van der Waals surface area contributed by atoms with Crippen molar-refractivity contribution >= 4 is 10.0 Å². The second-order valence-corrected chi connectivity index (χ2v) is 8.34. The summed E-state index contributed by atoms with van der Waals surface area (Å²) in [6.45, 7) is 7.24. The van der Waals surface area contributed by atoms with Gasteiger partial charge in [-0.2, -0.15) is 0 Å². The van der Waals surface area contributed by atoms with Gasteiger partial charge in [0, 0.05) is 38.6 Å². The second-order valence-electron chi connectivity index (χ2n) is 6.61. The summed E-state index contributed by atoms with van der Waals surface area (Å²) in [5.74, 6) is 3.60. The number of nitrogens with two attached hydrogens (primary N) is 1. The Balaban J connectivity index is 1.43. The Morgan fingerprint density at radius 2 is 1.86 bits per heavy atom. The zero-order valence-electron chi connectivity index (χ0n) is 13.1. The number of primary sulfonamides is 1. The largest absolute Gasteiger partial charge is 0.464 e. The Morgan fingerprint density at radius 3 is 2.45 bits per heavy atom. The summed E-state index contributed by atoms with van der Waals surface area (Å²) in [7, 11) is -3.36. The van der Waals surface area contributed by atoms with Gasteiger partial charge in [0.15, 0.2) is 0 Å². The molecule has 1 saturated carbocycles. The molecule has 0 bridgehead atoms. The molecule has 124 valence electrons. The van der Waals surface area contributed by atoms with Crippen molar-refractivity contribution in [1.29, 1.82) is 0 Å². The number of hydrogen-bond donors (Lipinski definition) is 1. The molecule has 1 aliphatic carbocycles. The van der Waals surface area contributed by atoms with E-state index in [4.69, 9.17) is 9.56 Å². The van der Waals surface area contributed by atoms with Gasteiger partial charge in [-0.05, 0) is 24.5 Å². The lowest BCUT2D eigenvalue weighted by Crippen LogP contribution is -2.47. The monoisotopic (exact) mass is 327 g/mol. The zero-order chi connectivity index (χ0) is 15.7. The summed E-state index contributed by atoms with van der Waals surface area (Å²) in [6, 6.07) is 4.21. The minimum atomic E-state index is -3.36. The van der Waals surface area contributed by atoms with Gasteiger partial charge in [0.2, 0.25) is 10.0 Å². The van der Waals surface area contributed by atoms with Crippen molar-refractivity contribution in [2.75, 3.05) is 38.5 Å². The van der Waals surface area contributed by atoms with Crippen LogP contribution in [0.5, 0.6) is 0 Å². The molecule has 2 atom stereocenters. The van der Waals surface area contributed by atoms with Gasteiger partial charge in [0.25, 0.3) is 0 Å². The van der Waals surface area contributed by atoms with E-state index in [9.17, 15) is 8.42 Å². The second kappa shape index (κ2) is 6.31. The van der Waals surface area contributed by atoms with Crippen LogP contribution in [0, 0.1) is 5.92 Å². The third-order valence-corrected chi connectivity index (χ3v) is 5.45. The molecule has 2 N–H and O–H groups in total. The van der Waals surface area contributed by atoms with E-state index in [0.29, 0.717) is 12.5 Å². The summed E-state index contributed by atoms with van der Waals surface area (Å²) >= 11 is 0. The molecule has 0 aromatic carbocycles. The van der Waals surface area contributed by atoms with Gasteiger partial charge in [-0.1, -0.05) is 6.92 Å². The molecule has 1 aromatic heterocycles. The fraction of sp³-hybridized carbons (Fsp3) is 0.733. The molecule has 2 heterocycles. The van der Waals surface area contributed by atoms with Crippen molar-refractivity contribution in [3.8, 4) is 0 Å². The van der Waals surface area contributed by atoms with Crippen LogP contribution in [0.25, 0.3) is 0 Å². The molecule has 1 saturated heterocycles. The standard InChI is InChI=1S/C15H25N3O3S/c1-12-10-14(12)15-3-2-13(21-15)11-18-6-4-17(5-7-18)8-9-22(16,19)20/h2-3,12,14H,4-11H2,1H3,(H2,16,19,20). The van der Waals surface area contributed by atoms with Gasteiger partial charge in [-0.15, -0.1) is 0 Å². The summed E-state index contributed by atoms with van der Waals surface area (Å²) in [5.41, 5.74) is 0. The molecule has 0 radical (unpaired) electrons. The third-order valence-electron chi connectivity index (χ3n) is 4.69. The highest BCUT2D eigenvalue weighted by Gasteiger charge is 2.36. The smallest absolute Gasteiger partial charge is 0.210 e. The van der Waals surface area contributed by atoms with Crippen LogP contribution in [0.2, 0.25) is 0 Å². The van der Waals surface area contributed by atoms with Crippen molar-refractivity contribution in [2.45, 2.75) is 25.8 Å². The number of piperazine rings is 1. The van der Waals surface area contributed by atoms with E-state index in [1.807, 2.05) is 0 Å². The SMILES string of the molecule is CC1CC1c1ccc(CN2CCN(CCS(N)(=O)=O)CC2)o1. The maximum Gasteiger partial charge on any atom is 0.210 e. The fourth-order valence-corrected chi connectivity index (χ4v) is 3.56. The Bertz CT molecular complexity index is 605. The lowest BCUT2D eigenvalue weighted by Gasteiger charge is -2.33. The quantitative estimate of drug-likeness (QED) is 0.836. The van der Waals surface area contributed by atoms with Crippen molar-refractivity contribution in [3.05, 3.63) is 23.7 Å². The van der Waals surface area contributed by atoms with Crippen LogP contribution in [-0.4, -0.2) is 56.7 Å². The molecule has 7 heteroatoms. The molecule has 0 amide bonds. The van der Waals surface area contributed by atoms with Crippen molar-refractivity contribution in [2.24, 2.45) is 11.1 Å². The fourth-order valence-electron chi connectivity index (χ4n) is 3.05. The Labute approximate surface area is 132 Å². The number of rotatable bonds is 6. The first kappa shape index (κ1) is 16.0. The van der Waals surface area contributed by atoms with Crippen LogP contribution >= 0.6 is 0 Å². The van der Waals surface area contributed by atoms with E-state index in [1.54, 1.807) is 0 Å². The molecule has 1 aromatic rings. The number of furan rings is 1. The van der Waals surface area contributed by atoms with E-state index in [0.717, 1.165) is 50.2 Å². The number of nitrogens with zero attached hydrogens (tertiary/aromatic N) is 2. The minimum Gasteiger partial charge on any atom is -0.464 e. The third kappa shape index (κ3) is 4.32. The van der Waals surface area contributed by atoms with Gasteiger partial charge in [-0.25, -0.2) is 13.6 Å². The van der Waals surface area contributed by atoms with Crippen LogP contribution in [0.1, 0.15) is 30.8 Å². The molecule has 3 rings (SSSR count). The predicted octanol–water partition coefficient (Wildman–Crippen LogP) is 0.809. The molecule has 6 nitrogen and oxygen atoms in total. The molecule has 2 unspecified atom stereocenters. The van der Waals surface area contributed by atoms with Gasteiger partial charge >= 0.3 is 0 Å². The van der Waals surface area contributed by atoms with Crippen molar-refractivity contribution in [1.82, 2.24) is 9.80 Å². The topological polar surface area (TPSA) is 79.8 Å². The van der Waals surface area contributed by atoms with Crippen LogP contribution in [0.3, 0.4) is 0 Å². The maximum atomic E-state index is 11.0. The highest BCUT2D eigenvalue weighted by atomic mass is 32.2. The average Bonchev–Trinajstić information content (AvgIpc) is 3.00. The summed E-state index contributed by atoms with van der Waals surface area (Å²) in [6.07, 6.45) is 1.25. The maximum absolute atomic E-state index is 11.0. The zero-order valence-corrected chi connectivity index (χ0v) is 13.9. The Hall–Kier alpha value is -0.890. The molecule has 0 spiro atoms. The highest BCUT2D eigenvalue weighted by Crippen LogP contribution is 2.47. The summed E-state index contributed by atoms with van der Waals surface area (Å²) in [5, 5.41) is 5.05. The van der Waals surface area contributed by atoms with E-state index in [2.05, 4.69) is 28.9 Å².